The fourth-order valence-corrected chi connectivity index (χ4v) is 2.68. The van der Waals surface area contributed by atoms with Crippen molar-refractivity contribution in [1.29, 1.82) is 0 Å². The van der Waals surface area contributed by atoms with Crippen LogP contribution in [-0.2, 0) is 11.8 Å². The number of nitrogens with two attached hydrogens (primary N) is 1. The van der Waals surface area contributed by atoms with E-state index < -0.39 is 0 Å². The molecule has 1 aromatic heterocycles. The summed E-state index contributed by atoms with van der Waals surface area (Å²) in [4.78, 5) is 15.9. The molecule has 1 aliphatic heterocycles. The molecule has 3 rings (SSSR count). The molecule has 0 radical (unpaired) electrons. The third kappa shape index (κ3) is 1.56. The number of aromatic nitrogens is 2. The number of hydrogen-bond donors (Lipinski definition) is 2. The molecule has 1 aliphatic carbocycles. The number of nitrogens with zero attached hydrogens (tertiary/aromatic N) is 2. The quantitative estimate of drug-likeness (QED) is 0.710. The minimum absolute atomic E-state index is 0.00472. The molecule has 2 heterocycles. The van der Waals surface area contributed by atoms with Gasteiger partial charge in [-0.15, -0.1) is 0 Å². The van der Waals surface area contributed by atoms with Crippen LogP contribution < -0.4 is 16.6 Å². The van der Waals surface area contributed by atoms with Crippen LogP contribution >= 0.6 is 0 Å². The van der Waals surface area contributed by atoms with Gasteiger partial charge >= 0.3 is 0 Å². The van der Waals surface area contributed by atoms with Crippen molar-refractivity contribution in [2.24, 2.45) is 18.7 Å². The third-order valence-electron chi connectivity index (χ3n) is 3.77. The maximum Gasteiger partial charge on any atom is 0.293 e. The second kappa shape index (κ2) is 3.82. The summed E-state index contributed by atoms with van der Waals surface area (Å²) in [6.07, 6.45) is 4.38. The Morgan fingerprint density at radius 3 is 3.29 bits per heavy atom. The normalized spacial score (nSPS) is 35.2. The summed E-state index contributed by atoms with van der Waals surface area (Å²) < 4.78 is 7.09. The van der Waals surface area contributed by atoms with Crippen molar-refractivity contribution in [3.63, 3.8) is 0 Å². The van der Waals surface area contributed by atoms with E-state index in [0.29, 0.717) is 11.7 Å². The van der Waals surface area contributed by atoms with Crippen LogP contribution in [0, 0.1) is 5.92 Å². The van der Waals surface area contributed by atoms with Crippen LogP contribution in [0.2, 0.25) is 0 Å². The molecular weight excluding hydrogens is 220 g/mol. The van der Waals surface area contributed by atoms with E-state index in [4.69, 9.17) is 10.5 Å². The van der Waals surface area contributed by atoms with Crippen LogP contribution in [0.4, 0.5) is 5.82 Å². The van der Waals surface area contributed by atoms with Gasteiger partial charge in [0.05, 0.1) is 12.1 Å². The zero-order valence-electron chi connectivity index (χ0n) is 9.67. The molecule has 1 saturated heterocycles. The van der Waals surface area contributed by atoms with Crippen LogP contribution in [-0.4, -0.2) is 34.3 Å². The summed E-state index contributed by atoms with van der Waals surface area (Å²) >= 11 is 0. The van der Waals surface area contributed by atoms with Gasteiger partial charge in [-0.25, -0.2) is 4.98 Å². The summed E-state index contributed by atoms with van der Waals surface area (Å²) in [5.41, 5.74) is 5.93. The number of aryl methyl sites for hydroxylation is 1. The van der Waals surface area contributed by atoms with E-state index in [1.54, 1.807) is 19.4 Å². The molecule has 1 aromatic rings. The van der Waals surface area contributed by atoms with Gasteiger partial charge in [-0.2, -0.15) is 0 Å². The van der Waals surface area contributed by atoms with Gasteiger partial charge in [-0.05, 0) is 6.42 Å². The van der Waals surface area contributed by atoms with E-state index in [-0.39, 0.29) is 23.7 Å². The predicted octanol–water partition coefficient (Wildman–Crippen LogP) is -0.693. The van der Waals surface area contributed by atoms with Crippen molar-refractivity contribution in [3.8, 4) is 0 Å². The number of hydrogen-bond acceptors (Lipinski definition) is 5. The summed E-state index contributed by atoms with van der Waals surface area (Å²) in [6.45, 7) is 0.765. The molecule has 2 fully saturated rings. The molecule has 6 heteroatoms. The lowest BCUT2D eigenvalue weighted by atomic mass is 9.72. The fraction of sp³-hybridized carbons (Fsp3) is 0.636. The number of nitrogens with one attached hydrogen (secondary N) is 1. The standard InChI is InChI=1S/C11H16N4O2/c1-15-4-3-13-10(11(15)16)14-8-7(12)6-2-5-17-9(6)8/h3-4,6-9H,2,5,12H2,1H3,(H,13,14). The van der Waals surface area contributed by atoms with Crippen LogP contribution in [0.3, 0.4) is 0 Å². The van der Waals surface area contributed by atoms with E-state index >= 15 is 0 Å². The first-order valence-corrected chi connectivity index (χ1v) is 5.84. The van der Waals surface area contributed by atoms with Gasteiger partial charge in [0.15, 0.2) is 5.82 Å². The van der Waals surface area contributed by atoms with Crippen molar-refractivity contribution < 1.29 is 4.74 Å². The Labute approximate surface area is 98.8 Å². The maximum atomic E-state index is 11.8. The summed E-state index contributed by atoms with van der Waals surface area (Å²) in [6, 6.07) is 0.0549. The highest BCUT2D eigenvalue weighted by Crippen LogP contribution is 2.38. The molecule has 0 aromatic carbocycles. The highest BCUT2D eigenvalue weighted by atomic mass is 16.5. The van der Waals surface area contributed by atoms with Gasteiger partial charge in [0.25, 0.3) is 5.56 Å². The van der Waals surface area contributed by atoms with E-state index in [0.717, 1.165) is 13.0 Å². The highest BCUT2D eigenvalue weighted by Gasteiger charge is 2.52. The lowest BCUT2D eigenvalue weighted by Crippen LogP contribution is -2.65. The second-order valence-corrected chi connectivity index (χ2v) is 4.73. The van der Waals surface area contributed by atoms with E-state index in [1.165, 1.54) is 4.57 Å². The summed E-state index contributed by atoms with van der Waals surface area (Å²) in [5.74, 6) is 0.782. The Morgan fingerprint density at radius 2 is 2.47 bits per heavy atom. The van der Waals surface area contributed by atoms with Gasteiger partial charge in [0.1, 0.15) is 0 Å². The molecule has 6 nitrogen and oxygen atoms in total. The van der Waals surface area contributed by atoms with E-state index in [9.17, 15) is 4.79 Å². The molecule has 17 heavy (non-hydrogen) atoms. The zero-order chi connectivity index (χ0) is 12.0. The number of rotatable bonds is 2. The minimum Gasteiger partial charge on any atom is -0.376 e. The fourth-order valence-electron chi connectivity index (χ4n) is 2.68. The van der Waals surface area contributed by atoms with Crippen LogP contribution in [0.5, 0.6) is 0 Å². The van der Waals surface area contributed by atoms with Crippen LogP contribution in [0.1, 0.15) is 6.42 Å². The molecule has 2 aliphatic rings. The highest BCUT2D eigenvalue weighted by molar-refractivity contribution is 5.36. The lowest BCUT2D eigenvalue weighted by molar-refractivity contribution is 0.00518. The predicted molar refractivity (Wildman–Crippen MR) is 62.7 cm³/mol. The molecule has 0 spiro atoms. The Bertz CT molecular complexity index is 487. The molecule has 4 unspecified atom stereocenters. The zero-order valence-corrected chi connectivity index (χ0v) is 9.67. The summed E-state index contributed by atoms with van der Waals surface area (Å²) in [7, 11) is 1.70. The molecule has 92 valence electrons. The number of anilines is 1. The SMILES string of the molecule is Cn1ccnc(NC2C(N)C3CCOC32)c1=O. The average molecular weight is 236 g/mol. The van der Waals surface area contributed by atoms with Crippen molar-refractivity contribution in [2.75, 3.05) is 11.9 Å². The Balaban J connectivity index is 1.79. The third-order valence-corrected chi connectivity index (χ3v) is 3.77. The Morgan fingerprint density at radius 1 is 1.65 bits per heavy atom. The molecular formula is C11H16N4O2. The van der Waals surface area contributed by atoms with E-state index in [1.807, 2.05) is 0 Å². The number of fused-ring (bicyclic) bond motifs is 1. The molecule has 4 atom stereocenters. The molecule has 3 N–H and O–H groups in total. The number of ether oxygens (including phenoxy) is 1. The van der Waals surface area contributed by atoms with Crippen molar-refractivity contribution in [1.82, 2.24) is 9.55 Å². The van der Waals surface area contributed by atoms with Gasteiger partial charge in [-0.3, -0.25) is 4.79 Å². The second-order valence-electron chi connectivity index (χ2n) is 4.73. The van der Waals surface area contributed by atoms with Crippen molar-refractivity contribution >= 4 is 5.82 Å². The van der Waals surface area contributed by atoms with E-state index in [2.05, 4.69) is 10.3 Å². The van der Waals surface area contributed by atoms with Gasteiger partial charge in [0.2, 0.25) is 0 Å². The van der Waals surface area contributed by atoms with Gasteiger partial charge in [0, 0.05) is 38.0 Å². The Hall–Kier alpha value is -1.40. The summed E-state index contributed by atoms with van der Waals surface area (Å²) in [5, 5.41) is 3.11. The Kier molecular flexibility index (Phi) is 2.41. The largest absolute Gasteiger partial charge is 0.376 e. The first kappa shape index (κ1) is 10.7. The van der Waals surface area contributed by atoms with Crippen LogP contribution in [0.15, 0.2) is 17.2 Å². The average Bonchev–Trinajstić information content (AvgIpc) is 2.75. The molecule has 1 saturated carbocycles. The minimum atomic E-state index is -0.138. The smallest absolute Gasteiger partial charge is 0.293 e. The van der Waals surface area contributed by atoms with Gasteiger partial charge < -0.3 is 20.4 Å². The molecule has 0 amide bonds. The topological polar surface area (TPSA) is 82.2 Å². The molecule has 0 bridgehead atoms. The first-order valence-electron chi connectivity index (χ1n) is 5.84. The maximum absolute atomic E-state index is 11.8. The van der Waals surface area contributed by atoms with Crippen molar-refractivity contribution in [2.45, 2.75) is 24.6 Å². The van der Waals surface area contributed by atoms with Crippen molar-refractivity contribution in [3.05, 3.63) is 22.7 Å². The first-order chi connectivity index (χ1) is 8.18. The van der Waals surface area contributed by atoms with Crippen LogP contribution in [0.25, 0.3) is 0 Å². The monoisotopic (exact) mass is 236 g/mol. The lowest BCUT2D eigenvalue weighted by Gasteiger charge is -2.45. The van der Waals surface area contributed by atoms with Gasteiger partial charge in [-0.1, -0.05) is 0 Å².